The van der Waals surface area contributed by atoms with Crippen LogP contribution in [0.25, 0.3) is 0 Å². The van der Waals surface area contributed by atoms with Crippen molar-refractivity contribution in [3.8, 4) is 5.75 Å². The minimum atomic E-state index is 0.201. The molecule has 0 saturated carbocycles. The Labute approximate surface area is 118 Å². The van der Waals surface area contributed by atoms with Crippen LogP contribution in [0, 0.1) is 6.92 Å². The van der Waals surface area contributed by atoms with Crippen LogP contribution in [0.4, 0.5) is 5.69 Å². The van der Waals surface area contributed by atoms with Gasteiger partial charge in [0.1, 0.15) is 10.8 Å². The standard InChI is InChI=1S/C15H20N2OS/c1-10(2)18-13-5-6-14(11(3)9-13)17-12(4)15-16-7-8-19-15/h5-10,12,17H,1-4H3. The molecule has 0 aliphatic carbocycles. The molecule has 0 bridgehead atoms. The number of aromatic nitrogens is 1. The van der Waals surface area contributed by atoms with Crippen molar-refractivity contribution in [1.29, 1.82) is 0 Å². The van der Waals surface area contributed by atoms with Gasteiger partial charge in [-0.2, -0.15) is 0 Å². The van der Waals surface area contributed by atoms with Gasteiger partial charge < -0.3 is 10.1 Å². The van der Waals surface area contributed by atoms with Gasteiger partial charge in [-0.05, 0) is 51.5 Å². The zero-order chi connectivity index (χ0) is 13.8. The molecule has 102 valence electrons. The van der Waals surface area contributed by atoms with E-state index < -0.39 is 0 Å². The number of nitrogens with one attached hydrogen (secondary N) is 1. The van der Waals surface area contributed by atoms with E-state index >= 15 is 0 Å². The molecular weight excluding hydrogens is 256 g/mol. The van der Waals surface area contributed by atoms with Crippen LogP contribution in [0.15, 0.2) is 29.8 Å². The van der Waals surface area contributed by atoms with E-state index in [1.165, 1.54) is 5.56 Å². The molecule has 1 atom stereocenters. The maximum absolute atomic E-state index is 5.69. The Kier molecular flexibility index (Phi) is 4.43. The average Bonchev–Trinajstić information content (AvgIpc) is 2.85. The van der Waals surface area contributed by atoms with Crippen LogP contribution >= 0.6 is 11.3 Å². The Balaban J connectivity index is 2.09. The van der Waals surface area contributed by atoms with Crippen molar-refractivity contribution in [1.82, 2.24) is 4.98 Å². The molecule has 2 aromatic rings. The first kappa shape index (κ1) is 13.9. The number of benzene rings is 1. The van der Waals surface area contributed by atoms with E-state index in [0.29, 0.717) is 0 Å². The summed E-state index contributed by atoms with van der Waals surface area (Å²) in [6.45, 7) is 8.28. The summed E-state index contributed by atoms with van der Waals surface area (Å²) in [5, 5.41) is 6.58. The van der Waals surface area contributed by atoms with Crippen molar-refractivity contribution >= 4 is 17.0 Å². The third kappa shape index (κ3) is 3.70. The SMILES string of the molecule is Cc1cc(OC(C)C)ccc1NC(C)c1nccs1. The van der Waals surface area contributed by atoms with Gasteiger partial charge in [-0.15, -0.1) is 11.3 Å². The molecule has 0 radical (unpaired) electrons. The zero-order valence-corrected chi connectivity index (χ0v) is 12.6. The van der Waals surface area contributed by atoms with Crippen molar-refractivity contribution in [3.05, 3.63) is 40.3 Å². The molecule has 0 aliphatic heterocycles. The zero-order valence-electron chi connectivity index (χ0n) is 11.8. The van der Waals surface area contributed by atoms with Crippen LogP contribution in [-0.4, -0.2) is 11.1 Å². The van der Waals surface area contributed by atoms with Gasteiger partial charge in [-0.1, -0.05) is 0 Å². The van der Waals surface area contributed by atoms with Crippen LogP contribution in [0.3, 0.4) is 0 Å². The summed E-state index contributed by atoms with van der Waals surface area (Å²) in [7, 11) is 0. The molecule has 1 heterocycles. The second-order valence-corrected chi connectivity index (χ2v) is 5.81. The summed E-state index contributed by atoms with van der Waals surface area (Å²) in [5.74, 6) is 0.917. The normalized spacial score (nSPS) is 12.5. The lowest BCUT2D eigenvalue weighted by atomic mass is 10.1. The molecule has 3 nitrogen and oxygen atoms in total. The predicted molar refractivity (Wildman–Crippen MR) is 81.1 cm³/mol. The Hall–Kier alpha value is -1.55. The van der Waals surface area contributed by atoms with E-state index in [2.05, 4.69) is 36.3 Å². The monoisotopic (exact) mass is 276 g/mol. The van der Waals surface area contributed by atoms with E-state index in [4.69, 9.17) is 4.74 Å². The molecule has 0 fully saturated rings. The summed E-state index contributed by atoms with van der Waals surface area (Å²) in [6, 6.07) is 6.35. The summed E-state index contributed by atoms with van der Waals surface area (Å²) in [6.07, 6.45) is 2.04. The first-order chi connectivity index (χ1) is 9.06. The molecule has 2 rings (SSSR count). The van der Waals surface area contributed by atoms with Gasteiger partial charge in [0.2, 0.25) is 0 Å². The molecule has 0 amide bonds. The lowest BCUT2D eigenvalue weighted by molar-refractivity contribution is 0.242. The van der Waals surface area contributed by atoms with Crippen LogP contribution in [-0.2, 0) is 0 Å². The molecule has 1 unspecified atom stereocenters. The second kappa shape index (κ2) is 6.06. The Morgan fingerprint density at radius 1 is 1.26 bits per heavy atom. The fourth-order valence-electron chi connectivity index (χ4n) is 1.89. The van der Waals surface area contributed by atoms with E-state index in [-0.39, 0.29) is 12.1 Å². The van der Waals surface area contributed by atoms with Crippen LogP contribution in [0.5, 0.6) is 5.75 Å². The molecule has 4 heteroatoms. The highest BCUT2D eigenvalue weighted by atomic mass is 32.1. The lowest BCUT2D eigenvalue weighted by Gasteiger charge is -2.17. The fourth-order valence-corrected chi connectivity index (χ4v) is 2.53. The van der Waals surface area contributed by atoms with Gasteiger partial charge >= 0.3 is 0 Å². The van der Waals surface area contributed by atoms with Gasteiger partial charge in [0, 0.05) is 17.3 Å². The summed E-state index contributed by atoms with van der Waals surface area (Å²) >= 11 is 1.67. The van der Waals surface area contributed by atoms with Gasteiger partial charge in [-0.3, -0.25) is 0 Å². The molecule has 19 heavy (non-hydrogen) atoms. The van der Waals surface area contributed by atoms with Gasteiger partial charge in [0.15, 0.2) is 0 Å². The van der Waals surface area contributed by atoms with Crippen LogP contribution < -0.4 is 10.1 Å². The molecule has 1 aromatic heterocycles. The highest BCUT2D eigenvalue weighted by Gasteiger charge is 2.09. The largest absolute Gasteiger partial charge is 0.491 e. The van der Waals surface area contributed by atoms with Gasteiger partial charge in [-0.25, -0.2) is 4.98 Å². The Morgan fingerprint density at radius 2 is 2.05 bits per heavy atom. The lowest BCUT2D eigenvalue weighted by Crippen LogP contribution is -2.08. The minimum absolute atomic E-state index is 0.201. The summed E-state index contributed by atoms with van der Waals surface area (Å²) in [5.41, 5.74) is 2.31. The van der Waals surface area contributed by atoms with Gasteiger partial charge in [0.25, 0.3) is 0 Å². The van der Waals surface area contributed by atoms with Crippen molar-refractivity contribution in [2.45, 2.75) is 39.8 Å². The molecule has 1 aromatic carbocycles. The van der Waals surface area contributed by atoms with E-state index in [9.17, 15) is 0 Å². The summed E-state index contributed by atoms with van der Waals surface area (Å²) in [4.78, 5) is 4.33. The van der Waals surface area contributed by atoms with Crippen molar-refractivity contribution in [2.75, 3.05) is 5.32 Å². The predicted octanol–water partition coefficient (Wildman–Crippen LogP) is 4.41. The van der Waals surface area contributed by atoms with Crippen molar-refractivity contribution < 1.29 is 4.74 Å². The Bertz CT molecular complexity index is 523. The quantitative estimate of drug-likeness (QED) is 0.878. The van der Waals surface area contributed by atoms with Gasteiger partial charge in [0.05, 0.1) is 12.1 Å². The number of anilines is 1. The molecule has 0 spiro atoms. The van der Waals surface area contributed by atoms with E-state index in [1.54, 1.807) is 11.3 Å². The number of hydrogen-bond acceptors (Lipinski definition) is 4. The number of aryl methyl sites for hydroxylation is 1. The average molecular weight is 276 g/mol. The first-order valence-electron chi connectivity index (χ1n) is 6.49. The third-order valence-corrected chi connectivity index (χ3v) is 3.72. The maximum Gasteiger partial charge on any atom is 0.120 e. The highest BCUT2D eigenvalue weighted by Crippen LogP contribution is 2.26. The topological polar surface area (TPSA) is 34.1 Å². The number of nitrogens with zero attached hydrogens (tertiary/aromatic N) is 1. The van der Waals surface area contributed by atoms with Crippen molar-refractivity contribution in [2.24, 2.45) is 0 Å². The molecule has 0 saturated heterocycles. The minimum Gasteiger partial charge on any atom is -0.491 e. The number of rotatable bonds is 5. The van der Waals surface area contributed by atoms with E-state index in [1.807, 2.05) is 31.5 Å². The highest BCUT2D eigenvalue weighted by molar-refractivity contribution is 7.09. The Morgan fingerprint density at radius 3 is 2.63 bits per heavy atom. The molecule has 0 aliphatic rings. The maximum atomic E-state index is 5.69. The third-order valence-electron chi connectivity index (χ3n) is 2.76. The number of thiazole rings is 1. The summed E-state index contributed by atoms with van der Waals surface area (Å²) < 4.78 is 5.69. The number of ether oxygens (including phenoxy) is 1. The van der Waals surface area contributed by atoms with Crippen molar-refractivity contribution in [3.63, 3.8) is 0 Å². The number of hydrogen-bond donors (Lipinski definition) is 1. The molecular formula is C15H20N2OS. The van der Waals surface area contributed by atoms with E-state index in [0.717, 1.165) is 16.4 Å². The first-order valence-corrected chi connectivity index (χ1v) is 7.37. The molecule has 1 N–H and O–H groups in total. The second-order valence-electron chi connectivity index (χ2n) is 4.88. The smallest absolute Gasteiger partial charge is 0.120 e. The fraction of sp³-hybridized carbons (Fsp3) is 0.400. The van der Waals surface area contributed by atoms with Crippen LogP contribution in [0.1, 0.15) is 37.4 Å². The van der Waals surface area contributed by atoms with Crippen LogP contribution in [0.2, 0.25) is 0 Å².